The number of nitrogens with zero attached hydrogens (tertiary/aromatic N) is 1. The predicted molar refractivity (Wildman–Crippen MR) is 101 cm³/mol. The lowest BCUT2D eigenvalue weighted by Gasteiger charge is -2.30. The first-order valence-electron chi connectivity index (χ1n) is 8.49. The van der Waals surface area contributed by atoms with Gasteiger partial charge in [-0.1, -0.05) is 32.9 Å². The van der Waals surface area contributed by atoms with Crippen molar-refractivity contribution in [2.45, 2.75) is 53.4 Å². The van der Waals surface area contributed by atoms with Crippen LogP contribution >= 0.6 is 0 Å². The Balaban J connectivity index is 2.49. The first-order valence-corrected chi connectivity index (χ1v) is 8.49. The molecular weight excluding hydrogens is 302 g/mol. The first kappa shape index (κ1) is 20.3. The van der Waals surface area contributed by atoms with Gasteiger partial charge < -0.3 is 20.1 Å². The van der Waals surface area contributed by atoms with E-state index in [1.54, 1.807) is 14.2 Å². The van der Waals surface area contributed by atoms with Crippen molar-refractivity contribution >= 4 is 5.96 Å². The second-order valence-electron chi connectivity index (χ2n) is 7.21. The fourth-order valence-electron chi connectivity index (χ4n) is 2.30. The minimum atomic E-state index is 0.0762. The van der Waals surface area contributed by atoms with Gasteiger partial charge in [0.2, 0.25) is 0 Å². The molecule has 0 radical (unpaired) electrons. The molecule has 0 fully saturated rings. The van der Waals surface area contributed by atoms with Crippen LogP contribution in [0.25, 0.3) is 0 Å². The molecule has 0 amide bonds. The molecule has 1 rings (SSSR count). The van der Waals surface area contributed by atoms with E-state index >= 15 is 0 Å². The summed E-state index contributed by atoms with van der Waals surface area (Å²) < 4.78 is 11.2. The molecular formula is C19H33N3O2. The maximum absolute atomic E-state index is 5.65. The van der Waals surface area contributed by atoms with Crippen molar-refractivity contribution in [3.63, 3.8) is 0 Å². The fraction of sp³-hybridized carbons (Fsp3) is 0.632. The molecule has 1 aromatic carbocycles. The van der Waals surface area contributed by atoms with Gasteiger partial charge in [0.25, 0.3) is 0 Å². The molecule has 136 valence electrons. The van der Waals surface area contributed by atoms with E-state index in [1.807, 2.05) is 26.0 Å². The van der Waals surface area contributed by atoms with Crippen LogP contribution < -0.4 is 15.4 Å². The fourth-order valence-corrected chi connectivity index (χ4v) is 2.30. The van der Waals surface area contributed by atoms with E-state index in [0.29, 0.717) is 13.1 Å². The van der Waals surface area contributed by atoms with Crippen LogP contribution in [0.15, 0.2) is 29.3 Å². The Morgan fingerprint density at radius 1 is 1.12 bits per heavy atom. The molecule has 1 unspecified atom stereocenters. The van der Waals surface area contributed by atoms with E-state index in [2.05, 4.69) is 48.5 Å². The lowest BCUT2D eigenvalue weighted by Crippen LogP contribution is -2.45. The van der Waals surface area contributed by atoms with Crippen LogP contribution in [0.1, 0.15) is 40.2 Å². The number of guanidine groups is 1. The lowest BCUT2D eigenvalue weighted by atomic mass is 9.89. The molecule has 1 aromatic rings. The maximum Gasteiger partial charge on any atom is 0.191 e. The Morgan fingerprint density at radius 3 is 2.21 bits per heavy atom. The average molecular weight is 335 g/mol. The highest BCUT2D eigenvalue weighted by Gasteiger charge is 2.24. The van der Waals surface area contributed by atoms with Crippen molar-refractivity contribution in [1.82, 2.24) is 10.6 Å². The van der Waals surface area contributed by atoms with Gasteiger partial charge in [-0.25, -0.2) is 0 Å². The second kappa shape index (κ2) is 9.52. The van der Waals surface area contributed by atoms with E-state index in [9.17, 15) is 0 Å². The van der Waals surface area contributed by atoms with Crippen molar-refractivity contribution < 1.29 is 9.47 Å². The van der Waals surface area contributed by atoms with Gasteiger partial charge in [-0.2, -0.15) is 0 Å². The zero-order chi connectivity index (χ0) is 18.2. The topological polar surface area (TPSA) is 54.9 Å². The van der Waals surface area contributed by atoms with Crippen LogP contribution in [-0.2, 0) is 11.3 Å². The Bertz CT molecular complexity index is 504. The number of hydrogen-bond acceptors (Lipinski definition) is 3. The largest absolute Gasteiger partial charge is 0.491 e. The summed E-state index contributed by atoms with van der Waals surface area (Å²) in [7, 11) is 3.52. The van der Waals surface area contributed by atoms with Gasteiger partial charge in [0.1, 0.15) is 5.75 Å². The molecule has 0 saturated heterocycles. The minimum absolute atomic E-state index is 0.0762. The first-order chi connectivity index (χ1) is 11.3. The quantitative estimate of drug-likeness (QED) is 0.593. The summed E-state index contributed by atoms with van der Waals surface area (Å²) in [5, 5.41) is 6.64. The summed E-state index contributed by atoms with van der Waals surface area (Å²) in [4.78, 5) is 4.26. The van der Waals surface area contributed by atoms with Gasteiger partial charge in [0.15, 0.2) is 5.96 Å². The molecule has 24 heavy (non-hydrogen) atoms. The van der Waals surface area contributed by atoms with E-state index in [-0.39, 0.29) is 17.6 Å². The number of benzene rings is 1. The number of methoxy groups -OCH3 is 1. The molecule has 5 nitrogen and oxygen atoms in total. The lowest BCUT2D eigenvalue weighted by molar-refractivity contribution is 0.0205. The van der Waals surface area contributed by atoms with E-state index in [0.717, 1.165) is 11.7 Å². The highest BCUT2D eigenvalue weighted by Crippen LogP contribution is 2.20. The van der Waals surface area contributed by atoms with E-state index in [4.69, 9.17) is 9.47 Å². The van der Waals surface area contributed by atoms with Crippen LogP contribution in [0.4, 0.5) is 0 Å². The number of hydrogen-bond donors (Lipinski definition) is 2. The molecule has 1 atom stereocenters. The monoisotopic (exact) mass is 335 g/mol. The van der Waals surface area contributed by atoms with Crippen LogP contribution in [0, 0.1) is 5.41 Å². The second-order valence-corrected chi connectivity index (χ2v) is 7.21. The number of aliphatic imine (C=N–C) groups is 1. The summed E-state index contributed by atoms with van der Waals surface area (Å²) in [5.74, 6) is 1.66. The smallest absolute Gasteiger partial charge is 0.191 e. The average Bonchev–Trinajstić information content (AvgIpc) is 2.50. The minimum Gasteiger partial charge on any atom is -0.491 e. The van der Waals surface area contributed by atoms with Crippen LogP contribution in [-0.4, -0.2) is 38.9 Å². The Hall–Kier alpha value is -1.75. The molecule has 5 heteroatoms. The molecule has 0 heterocycles. The number of ether oxygens (including phenoxy) is 2. The number of rotatable bonds is 7. The third-order valence-corrected chi connectivity index (χ3v) is 3.68. The van der Waals surface area contributed by atoms with Crippen molar-refractivity contribution in [2.24, 2.45) is 10.4 Å². The van der Waals surface area contributed by atoms with E-state index < -0.39 is 0 Å². The summed E-state index contributed by atoms with van der Waals surface area (Å²) in [6.45, 7) is 12.0. The predicted octanol–water partition coefficient (Wildman–Crippen LogP) is 3.20. The number of nitrogens with one attached hydrogen (secondary N) is 2. The molecule has 0 aliphatic rings. The van der Waals surface area contributed by atoms with Crippen LogP contribution in [0.2, 0.25) is 0 Å². The molecule has 0 spiro atoms. The molecule has 0 bridgehead atoms. The van der Waals surface area contributed by atoms with Gasteiger partial charge in [0.05, 0.1) is 12.2 Å². The Morgan fingerprint density at radius 2 is 1.75 bits per heavy atom. The summed E-state index contributed by atoms with van der Waals surface area (Å²) in [6, 6.07) is 8.11. The SMILES string of the molecule is CN=C(NCc1ccc(OC(C)C)cc1)NCC(OC)C(C)(C)C. The van der Waals surface area contributed by atoms with Crippen molar-refractivity contribution in [3.05, 3.63) is 29.8 Å². The summed E-state index contributed by atoms with van der Waals surface area (Å²) in [5.41, 5.74) is 1.25. The van der Waals surface area contributed by atoms with Gasteiger partial charge in [-0.05, 0) is 37.0 Å². The molecule has 0 aliphatic heterocycles. The molecule has 2 N–H and O–H groups in total. The normalized spacial score (nSPS) is 13.8. The van der Waals surface area contributed by atoms with Crippen molar-refractivity contribution in [1.29, 1.82) is 0 Å². The van der Waals surface area contributed by atoms with Crippen molar-refractivity contribution in [3.8, 4) is 5.75 Å². The highest BCUT2D eigenvalue weighted by molar-refractivity contribution is 5.79. The Kier molecular flexibility index (Phi) is 8.05. The molecule has 0 saturated carbocycles. The van der Waals surface area contributed by atoms with E-state index in [1.165, 1.54) is 5.56 Å². The Labute approximate surface area is 146 Å². The summed E-state index contributed by atoms with van der Waals surface area (Å²) >= 11 is 0. The van der Waals surface area contributed by atoms with Gasteiger partial charge in [0, 0.05) is 27.2 Å². The third-order valence-electron chi connectivity index (χ3n) is 3.68. The maximum atomic E-state index is 5.65. The third kappa shape index (κ3) is 7.21. The van der Waals surface area contributed by atoms with Gasteiger partial charge >= 0.3 is 0 Å². The summed E-state index contributed by atoms with van der Waals surface area (Å²) in [6.07, 6.45) is 0.303. The van der Waals surface area contributed by atoms with Crippen LogP contribution in [0.3, 0.4) is 0 Å². The highest BCUT2D eigenvalue weighted by atomic mass is 16.5. The zero-order valence-electron chi connectivity index (χ0n) is 16.1. The van der Waals surface area contributed by atoms with Crippen LogP contribution in [0.5, 0.6) is 5.75 Å². The molecule has 0 aromatic heterocycles. The van der Waals surface area contributed by atoms with Crippen molar-refractivity contribution in [2.75, 3.05) is 20.7 Å². The van der Waals surface area contributed by atoms with Gasteiger partial charge in [-0.15, -0.1) is 0 Å². The van der Waals surface area contributed by atoms with Gasteiger partial charge in [-0.3, -0.25) is 4.99 Å². The molecule has 0 aliphatic carbocycles. The standard InChI is InChI=1S/C19H33N3O2/c1-14(2)24-16-10-8-15(9-11-16)12-21-18(20-6)22-13-17(23-7)19(3,4)5/h8-11,14,17H,12-13H2,1-7H3,(H2,20,21,22). The zero-order valence-corrected chi connectivity index (χ0v) is 16.1.